The summed E-state index contributed by atoms with van der Waals surface area (Å²) in [5.41, 5.74) is -0.409. The predicted molar refractivity (Wildman–Crippen MR) is 73.7 cm³/mol. The molecule has 0 saturated carbocycles. The molecule has 1 saturated heterocycles. The first-order valence-corrected chi connectivity index (χ1v) is 7.04. The number of likely N-dealkylation sites (tertiary alicyclic amines) is 1. The molecular formula is C14H28N2O2. The van der Waals surface area contributed by atoms with Crippen LogP contribution in [0.2, 0.25) is 0 Å². The molecule has 1 amide bonds. The molecule has 0 aromatic heterocycles. The summed E-state index contributed by atoms with van der Waals surface area (Å²) in [5, 5.41) is 3.53. The van der Waals surface area contributed by atoms with Crippen LogP contribution < -0.4 is 5.32 Å². The van der Waals surface area contributed by atoms with Crippen molar-refractivity contribution in [3.63, 3.8) is 0 Å². The second-order valence-corrected chi connectivity index (χ2v) is 6.28. The van der Waals surface area contributed by atoms with Crippen molar-refractivity contribution in [2.24, 2.45) is 5.92 Å². The minimum Gasteiger partial charge on any atom is -0.444 e. The van der Waals surface area contributed by atoms with Gasteiger partial charge in [-0.15, -0.1) is 0 Å². The van der Waals surface area contributed by atoms with Crippen LogP contribution in [0.25, 0.3) is 0 Å². The number of ether oxygens (including phenoxy) is 1. The fraction of sp³-hybridized carbons (Fsp3) is 0.929. The van der Waals surface area contributed by atoms with Gasteiger partial charge in [-0.2, -0.15) is 0 Å². The van der Waals surface area contributed by atoms with Crippen LogP contribution in [-0.2, 0) is 4.74 Å². The first-order chi connectivity index (χ1) is 8.33. The molecule has 1 heterocycles. The zero-order chi connectivity index (χ0) is 13.8. The summed E-state index contributed by atoms with van der Waals surface area (Å²) in [6.07, 6.45) is 2.20. The molecule has 106 valence electrons. The fourth-order valence-corrected chi connectivity index (χ4v) is 2.17. The molecule has 0 spiro atoms. The summed E-state index contributed by atoms with van der Waals surface area (Å²) in [6.45, 7) is 12.7. The summed E-state index contributed by atoms with van der Waals surface area (Å²) < 4.78 is 5.40. The Morgan fingerprint density at radius 1 is 1.39 bits per heavy atom. The molecule has 1 rings (SSSR count). The van der Waals surface area contributed by atoms with Gasteiger partial charge in [0.25, 0.3) is 0 Å². The largest absolute Gasteiger partial charge is 0.444 e. The van der Waals surface area contributed by atoms with Gasteiger partial charge in [-0.3, -0.25) is 0 Å². The van der Waals surface area contributed by atoms with Crippen LogP contribution in [-0.4, -0.2) is 42.3 Å². The highest BCUT2D eigenvalue weighted by atomic mass is 16.6. The van der Waals surface area contributed by atoms with E-state index in [0.29, 0.717) is 12.0 Å². The Balaban J connectivity index is 2.40. The van der Waals surface area contributed by atoms with E-state index < -0.39 is 5.60 Å². The number of hydrogen-bond acceptors (Lipinski definition) is 3. The molecule has 0 aliphatic carbocycles. The Bertz CT molecular complexity index is 273. The van der Waals surface area contributed by atoms with E-state index in [1.807, 2.05) is 25.7 Å². The molecule has 2 unspecified atom stereocenters. The Morgan fingerprint density at radius 2 is 2.06 bits per heavy atom. The van der Waals surface area contributed by atoms with Crippen LogP contribution in [0.3, 0.4) is 0 Å². The van der Waals surface area contributed by atoms with Crippen molar-refractivity contribution in [3.8, 4) is 0 Å². The lowest BCUT2D eigenvalue weighted by Gasteiger charge is -2.24. The van der Waals surface area contributed by atoms with Crippen LogP contribution in [0.5, 0.6) is 0 Å². The second kappa shape index (κ2) is 6.41. The van der Waals surface area contributed by atoms with Crippen LogP contribution in [0.15, 0.2) is 0 Å². The van der Waals surface area contributed by atoms with Crippen molar-refractivity contribution < 1.29 is 9.53 Å². The fourth-order valence-electron chi connectivity index (χ4n) is 2.17. The smallest absolute Gasteiger partial charge is 0.410 e. The molecular weight excluding hydrogens is 228 g/mol. The number of carbonyl (C=O) groups is 1. The van der Waals surface area contributed by atoms with Gasteiger partial charge in [0.15, 0.2) is 0 Å². The number of nitrogens with one attached hydrogen (secondary N) is 1. The van der Waals surface area contributed by atoms with E-state index in [1.165, 1.54) is 12.8 Å². The van der Waals surface area contributed by atoms with E-state index in [1.54, 1.807) is 0 Å². The minimum absolute atomic E-state index is 0.186. The quantitative estimate of drug-likeness (QED) is 0.786. The predicted octanol–water partition coefficient (Wildman–Crippen LogP) is 2.63. The standard InChI is InChI=1S/C14H28N2O2/c1-6-7-8-15-12-10-16(9-11(12)2)13(17)18-14(3,4)5/h11-12,15H,6-10H2,1-5H3. The molecule has 18 heavy (non-hydrogen) atoms. The normalized spacial score (nSPS) is 24.4. The van der Waals surface area contributed by atoms with Gasteiger partial charge < -0.3 is 15.0 Å². The number of amides is 1. The average molecular weight is 256 g/mol. The molecule has 4 heteroatoms. The van der Waals surface area contributed by atoms with Gasteiger partial charge in [-0.1, -0.05) is 20.3 Å². The van der Waals surface area contributed by atoms with E-state index in [4.69, 9.17) is 4.74 Å². The SMILES string of the molecule is CCCCNC1CN(C(=O)OC(C)(C)C)CC1C. The lowest BCUT2D eigenvalue weighted by Crippen LogP contribution is -2.39. The molecule has 0 aromatic rings. The van der Waals surface area contributed by atoms with Crippen LogP contribution in [0.4, 0.5) is 4.79 Å². The van der Waals surface area contributed by atoms with Crippen molar-refractivity contribution >= 4 is 6.09 Å². The van der Waals surface area contributed by atoms with Crippen molar-refractivity contribution in [2.45, 2.75) is 59.1 Å². The van der Waals surface area contributed by atoms with Crippen LogP contribution in [0, 0.1) is 5.92 Å². The van der Waals surface area contributed by atoms with Crippen LogP contribution >= 0.6 is 0 Å². The Kier molecular flexibility index (Phi) is 5.45. The van der Waals surface area contributed by atoms with Gasteiger partial charge in [0.1, 0.15) is 5.60 Å². The second-order valence-electron chi connectivity index (χ2n) is 6.28. The highest BCUT2D eigenvalue weighted by Gasteiger charge is 2.34. The minimum atomic E-state index is -0.409. The molecule has 2 atom stereocenters. The topological polar surface area (TPSA) is 41.6 Å². The number of unbranched alkanes of at least 4 members (excludes halogenated alkanes) is 1. The average Bonchev–Trinajstić information content (AvgIpc) is 2.58. The molecule has 1 N–H and O–H groups in total. The number of carbonyl (C=O) groups excluding carboxylic acids is 1. The Morgan fingerprint density at radius 3 is 2.61 bits per heavy atom. The van der Waals surface area contributed by atoms with Crippen molar-refractivity contribution in [1.29, 1.82) is 0 Å². The van der Waals surface area contributed by atoms with E-state index in [2.05, 4.69) is 19.2 Å². The van der Waals surface area contributed by atoms with Gasteiger partial charge in [0, 0.05) is 19.1 Å². The van der Waals surface area contributed by atoms with Crippen LogP contribution in [0.1, 0.15) is 47.5 Å². The van der Waals surface area contributed by atoms with E-state index in [-0.39, 0.29) is 6.09 Å². The Hall–Kier alpha value is -0.770. The third kappa shape index (κ3) is 4.84. The monoisotopic (exact) mass is 256 g/mol. The third-order valence-corrected chi connectivity index (χ3v) is 3.20. The zero-order valence-corrected chi connectivity index (χ0v) is 12.5. The molecule has 0 aromatic carbocycles. The summed E-state index contributed by atoms with van der Waals surface area (Å²) in [7, 11) is 0. The zero-order valence-electron chi connectivity index (χ0n) is 12.5. The maximum Gasteiger partial charge on any atom is 0.410 e. The maximum absolute atomic E-state index is 12.0. The van der Waals surface area contributed by atoms with Gasteiger partial charge in [0.2, 0.25) is 0 Å². The number of rotatable bonds is 4. The maximum atomic E-state index is 12.0. The molecule has 1 aliphatic heterocycles. The van der Waals surface area contributed by atoms with Gasteiger partial charge in [-0.05, 0) is 39.7 Å². The van der Waals surface area contributed by atoms with Crippen molar-refractivity contribution in [3.05, 3.63) is 0 Å². The summed E-state index contributed by atoms with van der Waals surface area (Å²) in [5.74, 6) is 0.495. The number of hydrogen-bond donors (Lipinski definition) is 1. The third-order valence-electron chi connectivity index (χ3n) is 3.20. The lowest BCUT2D eigenvalue weighted by molar-refractivity contribution is 0.0286. The lowest BCUT2D eigenvalue weighted by atomic mass is 10.1. The van der Waals surface area contributed by atoms with Gasteiger partial charge in [0.05, 0.1) is 0 Å². The molecule has 1 fully saturated rings. The van der Waals surface area contributed by atoms with Crippen molar-refractivity contribution in [2.75, 3.05) is 19.6 Å². The van der Waals surface area contributed by atoms with Gasteiger partial charge >= 0.3 is 6.09 Å². The molecule has 0 radical (unpaired) electrons. The van der Waals surface area contributed by atoms with E-state index >= 15 is 0 Å². The molecule has 4 nitrogen and oxygen atoms in total. The highest BCUT2D eigenvalue weighted by Crippen LogP contribution is 2.19. The van der Waals surface area contributed by atoms with Gasteiger partial charge in [-0.25, -0.2) is 4.79 Å². The summed E-state index contributed by atoms with van der Waals surface area (Å²) in [6, 6.07) is 0.407. The highest BCUT2D eigenvalue weighted by molar-refractivity contribution is 5.68. The van der Waals surface area contributed by atoms with E-state index in [0.717, 1.165) is 19.6 Å². The first-order valence-electron chi connectivity index (χ1n) is 7.04. The summed E-state index contributed by atoms with van der Waals surface area (Å²) >= 11 is 0. The van der Waals surface area contributed by atoms with E-state index in [9.17, 15) is 4.79 Å². The Labute approximate surface area is 111 Å². The molecule has 1 aliphatic rings. The number of nitrogens with zero attached hydrogens (tertiary/aromatic N) is 1. The van der Waals surface area contributed by atoms with Crippen molar-refractivity contribution in [1.82, 2.24) is 10.2 Å². The summed E-state index contributed by atoms with van der Waals surface area (Å²) in [4.78, 5) is 13.8. The first kappa shape index (κ1) is 15.3. The molecule has 0 bridgehead atoms.